The molecule has 3 rings (SSSR count). The van der Waals surface area contributed by atoms with Crippen LogP contribution in [-0.4, -0.2) is 43.0 Å². The minimum Gasteiger partial charge on any atom is -0.497 e. The highest BCUT2D eigenvalue weighted by Gasteiger charge is 2.36. The van der Waals surface area contributed by atoms with Gasteiger partial charge in [-0.25, -0.2) is 0 Å². The van der Waals surface area contributed by atoms with Crippen LogP contribution in [-0.2, 0) is 19.1 Å². The Morgan fingerprint density at radius 1 is 1.26 bits per heavy atom. The van der Waals surface area contributed by atoms with E-state index in [2.05, 4.69) is 5.32 Å². The first kappa shape index (κ1) is 21.8. The van der Waals surface area contributed by atoms with Gasteiger partial charge in [0.25, 0.3) is 11.6 Å². The Kier molecular flexibility index (Phi) is 6.49. The summed E-state index contributed by atoms with van der Waals surface area (Å²) in [4.78, 5) is 48.8. The van der Waals surface area contributed by atoms with Crippen LogP contribution in [0.25, 0.3) is 0 Å². The molecule has 10 heteroatoms. The number of nitrogens with one attached hydrogen (secondary N) is 1. The van der Waals surface area contributed by atoms with Crippen molar-refractivity contribution >= 4 is 34.8 Å². The number of hydrogen-bond acceptors (Lipinski definition) is 7. The molecule has 1 fully saturated rings. The fourth-order valence-electron chi connectivity index (χ4n) is 3.25. The van der Waals surface area contributed by atoms with E-state index in [9.17, 15) is 24.5 Å². The maximum Gasteiger partial charge on any atom is 0.311 e. The van der Waals surface area contributed by atoms with Gasteiger partial charge in [0.2, 0.25) is 5.91 Å². The van der Waals surface area contributed by atoms with Crippen LogP contribution in [0, 0.1) is 23.0 Å². The smallest absolute Gasteiger partial charge is 0.311 e. The van der Waals surface area contributed by atoms with Crippen molar-refractivity contribution < 1.29 is 28.8 Å². The van der Waals surface area contributed by atoms with Gasteiger partial charge in [-0.3, -0.25) is 24.5 Å². The summed E-state index contributed by atoms with van der Waals surface area (Å²) in [5.74, 6) is -2.02. The van der Waals surface area contributed by atoms with Crippen LogP contribution < -0.4 is 15.0 Å². The molecule has 0 radical (unpaired) electrons. The number of nitro benzene ring substituents is 1. The molecule has 1 heterocycles. The van der Waals surface area contributed by atoms with Crippen LogP contribution in [0.2, 0.25) is 0 Å². The van der Waals surface area contributed by atoms with Gasteiger partial charge in [-0.2, -0.15) is 0 Å². The first-order valence-corrected chi connectivity index (χ1v) is 9.44. The summed E-state index contributed by atoms with van der Waals surface area (Å²) in [5.41, 5.74) is 1.28. The molecule has 1 atom stereocenters. The van der Waals surface area contributed by atoms with Gasteiger partial charge < -0.3 is 19.7 Å². The van der Waals surface area contributed by atoms with Crippen LogP contribution in [0.3, 0.4) is 0 Å². The molecule has 0 saturated carbocycles. The number of nitro groups is 1. The van der Waals surface area contributed by atoms with Gasteiger partial charge in [0.1, 0.15) is 11.4 Å². The molecule has 0 bridgehead atoms. The van der Waals surface area contributed by atoms with Gasteiger partial charge in [0, 0.05) is 30.8 Å². The van der Waals surface area contributed by atoms with E-state index < -0.39 is 29.3 Å². The van der Waals surface area contributed by atoms with E-state index in [0.717, 1.165) is 5.56 Å². The highest BCUT2D eigenvalue weighted by molar-refractivity contribution is 6.00. The standard InChI is InChI=1S/C21H21N3O7/c1-13-4-3-5-15(8-13)23-11-14(9-20(23)26)21(27)31-12-19(25)22-17-10-16(30-2)6-7-18(17)24(28)29/h3-8,10,14H,9,11-12H2,1-2H3,(H,22,25)/t14-/m0/s1. The molecule has 2 amide bonds. The first-order valence-electron chi connectivity index (χ1n) is 9.44. The number of benzene rings is 2. The second-order valence-electron chi connectivity index (χ2n) is 7.04. The Balaban J connectivity index is 1.58. The second kappa shape index (κ2) is 9.24. The van der Waals surface area contributed by atoms with E-state index in [0.29, 0.717) is 11.4 Å². The highest BCUT2D eigenvalue weighted by Crippen LogP contribution is 2.29. The fraction of sp³-hybridized carbons (Fsp3) is 0.286. The molecule has 0 unspecified atom stereocenters. The number of methoxy groups -OCH3 is 1. The maximum absolute atomic E-state index is 12.4. The number of amides is 2. The lowest BCUT2D eigenvalue weighted by molar-refractivity contribution is -0.383. The first-order chi connectivity index (χ1) is 14.8. The summed E-state index contributed by atoms with van der Waals surface area (Å²) < 4.78 is 10.0. The number of hydrogen-bond donors (Lipinski definition) is 1. The Hall–Kier alpha value is -3.95. The number of ether oxygens (including phenoxy) is 2. The van der Waals surface area contributed by atoms with Crippen LogP contribution in [0.4, 0.5) is 17.1 Å². The lowest BCUT2D eigenvalue weighted by atomic mass is 10.1. The number of rotatable bonds is 7. The van der Waals surface area contributed by atoms with E-state index in [4.69, 9.17) is 9.47 Å². The second-order valence-corrected chi connectivity index (χ2v) is 7.04. The molecule has 1 saturated heterocycles. The third kappa shape index (κ3) is 5.16. The molecule has 2 aromatic rings. The molecular weight excluding hydrogens is 406 g/mol. The number of esters is 1. The van der Waals surface area contributed by atoms with Crippen molar-refractivity contribution in [3.63, 3.8) is 0 Å². The predicted molar refractivity (Wildman–Crippen MR) is 111 cm³/mol. The van der Waals surface area contributed by atoms with Crippen molar-refractivity contribution in [3.05, 3.63) is 58.1 Å². The molecule has 0 aromatic heterocycles. The third-order valence-corrected chi connectivity index (χ3v) is 4.79. The van der Waals surface area contributed by atoms with E-state index in [1.165, 1.54) is 30.2 Å². The Bertz CT molecular complexity index is 1040. The quantitative estimate of drug-likeness (QED) is 0.408. The van der Waals surface area contributed by atoms with Crippen molar-refractivity contribution in [3.8, 4) is 5.75 Å². The topological polar surface area (TPSA) is 128 Å². The lowest BCUT2D eigenvalue weighted by Crippen LogP contribution is -2.28. The zero-order chi connectivity index (χ0) is 22.5. The fourth-order valence-corrected chi connectivity index (χ4v) is 3.25. The predicted octanol–water partition coefficient (Wildman–Crippen LogP) is 2.45. The van der Waals surface area contributed by atoms with Gasteiger partial charge in [-0.15, -0.1) is 0 Å². The molecule has 10 nitrogen and oxygen atoms in total. The summed E-state index contributed by atoms with van der Waals surface area (Å²) in [6.07, 6.45) is -0.0181. The normalized spacial score (nSPS) is 15.5. The summed E-state index contributed by atoms with van der Waals surface area (Å²) in [6, 6.07) is 11.3. The average Bonchev–Trinajstić information content (AvgIpc) is 3.13. The van der Waals surface area contributed by atoms with Gasteiger partial charge in [-0.05, 0) is 30.7 Å². The largest absolute Gasteiger partial charge is 0.497 e. The SMILES string of the molecule is COc1ccc([N+](=O)[O-])c(NC(=O)COC(=O)[C@H]2CC(=O)N(c3cccc(C)c3)C2)c1. The van der Waals surface area contributed by atoms with Crippen molar-refractivity contribution in [2.75, 3.05) is 30.5 Å². The molecule has 1 aliphatic rings. The molecule has 31 heavy (non-hydrogen) atoms. The Labute approximate surface area is 177 Å². The van der Waals surface area contributed by atoms with Crippen LogP contribution in [0.1, 0.15) is 12.0 Å². The van der Waals surface area contributed by atoms with Gasteiger partial charge >= 0.3 is 5.97 Å². The molecule has 0 spiro atoms. The van der Waals surface area contributed by atoms with Crippen LogP contribution in [0.5, 0.6) is 5.75 Å². The molecule has 1 N–H and O–H groups in total. The van der Waals surface area contributed by atoms with E-state index in [1.807, 2.05) is 25.1 Å². The molecule has 162 valence electrons. The zero-order valence-electron chi connectivity index (χ0n) is 17.0. The van der Waals surface area contributed by atoms with Crippen LogP contribution in [0.15, 0.2) is 42.5 Å². The summed E-state index contributed by atoms with van der Waals surface area (Å²) >= 11 is 0. The van der Waals surface area contributed by atoms with Crippen molar-refractivity contribution in [1.29, 1.82) is 0 Å². The molecule has 2 aromatic carbocycles. The molecule has 0 aliphatic carbocycles. The minimum absolute atomic E-state index is 0.0181. The minimum atomic E-state index is -0.746. The Morgan fingerprint density at radius 2 is 2.03 bits per heavy atom. The summed E-state index contributed by atoms with van der Waals surface area (Å²) in [6.45, 7) is 1.42. The van der Waals surface area contributed by atoms with Gasteiger partial charge in [-0.1, -0.05) is 12.1 Å². The van der Waals surface area contributed by atoms with Crippen molar-refractivity contribution in [1.82, 2.24) is 0 Å². The number of aryl methyl sites for hydroxylation is 1. The summed E-state index contributed by atoms with van der Waals surface area (Å²) in [5, 5.41) is 13.5. The van der Waals surface area contributed by atoms with E-state index in [1.54, 1.807) is 6.07 Å². The van der Waals surface area contributed by atoms with Gasteiger partial charge in [0.05, 0.1) is 18.0 Å². The maximum atomic E-state index is 12.4. The van der Waals surface area contributed by atoms with E-state index in [-0.39, 0.29) is 30.2 Å². The summed E-state index contributed by atoms with van der Waals surface area (Å²) in [7, 11) is 1.39. The van der Waals surface area contributed by atoms with Crippen LogP contribution >= 0.6 is 0 Å². The zero-order valence-corrected chi connectivity index (χ0v) is 17.0. The number of carbonyl (C=O) groups excluding carboxylic acids is 3. The molecule has 1 aliphatic heterocycles. The number of carbonyl (C=O) groups is 3. The van der Waals surface area contributed by atoms with Crippen molar-refractivity contribution in [2.24, 2.45) is 5.92 Å². The molecular formula is C21H21N3O7. The van der Waals surface area contributed by atoms with Crippen molar-refractivity contribution in [2.45, 2.75) is 13.3 Å². The van der Waals surface area contributed by atoms with E-state index >= 15 is 0 Å². The van der Waals surface area contributed by atoms with Gasteiger partial charge in [0.15, 0.2) is 6.61 Å². The monoisotopic (exact) mass is 427 g/mol. The number of nitrogens with zero attached hydrogens (tertiary/aromatic N) is 2. The lowest BCUT2D eigenvalue weighted by Gasteiger charge is -2.17. The number of anilines is 2. The third-order valence-electron chi connectivity index (χ3n) is 4.79. The average molecular weight is 427 g/mol. The highest BCUT2D eigenvalue weighted by atomic mass is 16.6. The Morgan fingerprint density at radius 3 is 2.71 bits per heavy atom.